The quantitative estimate of drug-likeness (QED) is 0.261. The van der Waals surface area contributed by atoms with Gasteiger partial charge in [0.25, 0.3) is 0 Å². The third-order valence-corrected chi connectivity index (χ3v) is 6.48. The number of halogens is 2. The van der Waals surface area contributed by atoms with E-state index in [-0.39, 0.29) is 5.75 Å². The first-order chi connectivity index (χ1) is 18.9. The van der Waals surface area contributed by atoms with Gasteiger partial charge in [-0.15, -0.1) is 0 Å². The summed E-state index contributed by atoms with van der Waals surface area (Å²) in [6.07, 6.45) is 2.31. The molecule has 39 heavy (non-hydrogen) atoms. The molecule has 7 nitrogen and oxygen atoms in total. The maximum absolute atomic E-state index is 14.3. The molecule has 2 heterocycles. The molecule has 9 heteroatoms. The number of aromatic nitrogens is 2. The molecule has 0 radical (unpaired) electrons. The molecule has 1 aliphatic rings. The predicted molar refractivity (Wildman–Crippen MR) is 145 cm³/mol. The van der Waals surface area contributed by atoms with Gasteiger partial charge in [0.05, 0.1) is 12.2 Å². The van der Waals surface area contributed by atoms with Crippen molar-refractivity contribution in [3.8, 4) is 28.3 Å². The lowest BCUT2D eigenvalue weighted by Gasteiger charge is -2.32. The number of nitrogens with one attached hydrogen (secondary N) is 1. The second-order valence-corrected chi connectivity index (χ2v) is 9.22. The van der Waals surface area contributed by atoms with Crippen molar-refractivity contribution in [2.75, 3.05) is 6.54 Å². The highest BCUT2D eigenvalue weighted by molar-refractivity contribution is 5.84. The highest BCUT2D eigenvalue weighted by Gasteiger charge is 2.24. The zero-order valence-electron chi connectivity index (χ0n) is 21.7. The summed E-state index contributed by atoms with van der Waals surface area (Å²) >= 11 is 0. The number of allylic oxidation sites excluding steroid dienone is 1. The molecule has 0 unspecified atom stereocenters. The highest BCUT2D eigenvalue weighted by atomic mass is 19.1. The molecule has 3 aromatic carbocycles. The van der Waals surface area contributed by atoms with Crippen LogP contribution < -0.4 is 10.5 Å². The van der Waals surface area contributed by atoms with E-state index in [1.54, 1.807) is 0 Å². The number of ether oxygens (including phenoxy) is 1. The Morgan fingerprint density at radius 2 is 1.79 bits per heavy atom. The second kappa shape index (κ2) is 11.5. The third kappa shape index (κ3) is 5.82. The smallest absolute Gasteiger partial charge is 0.439 e. The third-order valence-electron chi connectivity index (χ3n) is 6.48. The number of nitrogens with zero attached hydrogens (tertiary/aromatic N) is 3. The SMILES string of the molecule is CCCC1=NC(CC)=C(Oc2cc(F)ccc2F)CN1Cc1ccc(-c2ccccc2-c2noc(=O)[nH]2)cc1. The number of amidine groups is 1. The molecule has 0 fully saturated rings. The van der Waals surface area contributed by atoms with Crippen LogP contribution in [0.3, 0.4) is 0 Å². The Morgan fingerprint density at radius 1 is 1.03 bits per heavy atom. The summed E-state index contributed by atoms with van der Waals surface area (Å²) in [5.74, 6) is -0.134. The van der Waals surface area contributed by atoms with Gasteiger partial charge in [-0.05, 0) is 41.7 Å². The Balaban J connectivity index is 1.39. The first-order valence-corrected chi connectivity index (χ1v) is 12.9. The van der Waals surface area contributed by atoms with Crippen molar-refractivity contribution in [2.45, 2.75) is 39.7 Å². The molecule has 1 N–H and O–H groups in total. The van der Waals surface area contributed by atoms with E-state index in [0.717, 1.165) is 64.8 Å². The summed E-state index contributed by atoms with van der Waals surface area (Å²) in [6.45, 7) is 5.02. The molecule has 1 aromatic heterocycles. The Labute approximate surface area is 224 Å². The van der Waals surface area contributed by atoms with Crippen LogP contribution in [0, 0.1) is 11.6 Å². The van der Waals surface area contributed by atoms with E-state index in [1.807, 2.05) is 55.5 Å². The van der Waals surface area contributed by atoms with E-state index in [1.165, 1.54) is 0 Å². The van der Waals surface area contributed by atoms with Gasteiger partial charge in [0, 0.05) is 24.6 Å². The molecule has 0 spiro atoms. The lowest BCUT2D eigenvalue weighted by Crippen LogP contribution is -2.36. The summed E-state index contributed by atoms with van der Waals surface area (Å²) in [7, 11) is 0. The van der Waals surface area contributed by atoms with E-state index in [9.17, 15) is 13.6 Å². The van der Waals surface area contributed by atoms with Gasteiger partial charge < -0.3 is 9.64 Å². The van der Waals surface area contributed by atoms with Gasteiger partial charge in [0.1, 0.15) is 17.4 Å². The minimum atomic E-state index is -0.625. The van der Waals surface area contributed by atoms with Gasteiger partial charge in [0.2, 0.25) is 0 Å². The minimum absolute atomic E-state index is 0.151. The monoisotopic (exact) mass is 530 g/mol. The molecule has 5 rings (SSSR count). The van der Waals surface area contributed by atoms with Gasteiger partial charge >= 0.3 is 5.76 Å². The molecular weight excluding hydrogens is 502 g/mol. The largest absolute Gasteiger partial charge is 0.455 e. The molecular formula is C30H28F2N4O3. The van der Waals surface area contributed by atoms with Crippen molar-refractivity contribution in [1.82, 2.24) is 15.0 Å². The van der Waals surface area contributed by atoms with Gasteiger partial charge in [-0.25, -0.2) is 18.6 Å². The standard InChI is InChI=1S/C30H28F2N4O3/c1-3-7-28-33-25(4-2)27(38-26-16-21(31)14-15-24(26)32)18-36(28)17-19-10-12-20(13-11-19)22-8-5-6-9-23(22)29-34-30(37)39-35-29/h5-6,8-16H,3-4,7,17-18H2,1-2H3,(H,34,35,37). The number of aliphatic imine (C=N–C) groups is 1. The second-order valence-electron chi connectivity index (χ2n) is 9.22. The summed E-state index contributed by atoms with van der Waals surface area (Å²) < 4.78 is 38.6. The lowest BCUT2D eigenvalue weighted by molar-refractivity contribution is 0.310. The number of aromatic amines is 1. The average molecular weight is 531 g/mol. The van der Waals surface area contributed by atoms with Crippen LogP contribution in [-0.4, -0.2) is 27.4 Å². The fourth-order valence-electron chi connectivity index (χ4n) is 4.58. The summed E-state index contributed by atoms with van der Waals surface area (Å²) in [5, 5.41) is 3.83. The Bertz CT molecular complexity index is 1590. The average Bonchev–Trinajstić information content (AvgIpc) is 3.38. The first kappa shape index (κ1) is 26.1. The summed E-state index contributed by atoms with van der Waals surface area (Å²) in [4.78, 5) is 21.0. The van der Waals surface area contributed by atoms with Crippen LogP contribution in [0.2, 0.25) is 0 Å². The van der Waals surface area contributed by atoms with Crippen molar-refractivity contribution >= 4 is 5.84 Å². The summed E-state index contributed by atoms with van der Waals surface area (Å²) in [5.41, 5.74) is 4.40. The number of rotatable bonds is 9. The van der Waals surface area contributed by atoms with Crippen molar-refractivity contribution in [2.24, 2.45) is 4.99 Å². The van der Waals surface area contributed by atoms with Crippen molar-refractivity contribution in [3.63, 3.8) is 0 Å². The maximum atomic E-state index is 14.3. The molecule has 0 aliphatic carbocycles. The van der Waals surface area contributed by atoms with E-state index in [0.29, 0.717) is 31.1 Å². The molecule has 0 bridgehead atoms. The molecule has 0 saturated carbocycles. The fourth-order valence-corrected chi connectivity index (χ4v) is 4.58. The van der Waals surface area contributed by atoms with Gasteiger partial charge in [-0.1, -0.05) is 67.5 Å². The molecule has 0 atom stereocenters. The van der Waals surface area contributed by atoms with E-state index >= 15 is 0 Å². The van der Waals surface area contributed by atoms with E-state index in [4.69, 9.17) is 9.73 Å². The lowest BCUT2D eigenvalue weighted by atomic mass is 9.98. The van der Waals surface area contributed by atoms with Gasteiger partial charge in [0.15, 0.2) is 17.4 Å². The van der Waals surface area contributed by atoms with Gasteiger partial charge in [-0.3, -0.25) is 9.51 Å². The van der Waals surface area contributed by atoms with E-state index in [2.05, 4.69) is 26.5 Å². The Morgan fingerprint density at radius 3 is 2.49 bits per heavy atom. The Hall–Kier alpha value is -4.53. The highest BCUT2D eigenvalue weighted by Crippen LogP contribution is 2.31. The first-order valence-electron chi connectivity index (χ1n) is 12.9. The number of hydrogen-bond acceptors (Lipinski definition) is 6. The summed E-state index contributed by atoms with van der Waals surface area (Å²) in [6, 6.07) is 18.9. The van der Waals surface area contributed by atoms with Crippen LogP contribution >= 0.6 is 0 Å². The van der Waals surface area contributed by atoms with Crippen LogP contribution in [0.25, 0.3) is 22.5 Å². The van der Waals surface area contributed by atoms with Gasteiger partial charge in [-0.2, -0.15) is 0 Å². The zero-order chi connectivity index (χ0) is 27.4. The fraction of sp³-hybridized carbons (Fsp3) is 0.233. The normalized spacial score (nSPS) is 13.5. The molecule has 200 valence electrons. The minimum Gasteiger partial charge on any atom is -0.455 e. The molecule has 4 aromatic rings. The van der Waals surface area contributed by atoms with Crippen LogP contribution in [0.1, 0.15) is 38.7 Å². The Kier molecular flexibility index (Phi) is 7.67. The van der Waals surface area contributed by atoms with Crippen molar-refractivity contribution < 1.29 is 18.0 Å². The maximum Gasteiger partial charge on any atom is 0.439 e. The van der Waals surface area contributed by atoms with Crippen molar-refractivity contribution in [3.05, 3.63) is 106 Å². The molecule has 0 saturated heterocycles. The van der Waals surface area contributed by atoms with E-state index < -0.39 is 17.4 Å². The van der Waals surface area contributed by atoms with Crippen LogP contribution in [-0.2, 0) is 6.54 Å². The predicted octanol–water partition coefficient (Wildman–Crippen LogP) is 6.69. The van der Waals surface area contributed by atoms with Crippen molar-refractivity contribution in [1.29, 1.82) is 0 Å². The molecule has 1 aliphatic heterocycles. The topological polar surface area (TPSA) is 83.7 Å². The van der Waals surface area contributed by atoms with Crippen LogP contribution in [0.4, 0.5) is 8.78 Å². The van der Waals surface area contributed by atoms with Crippen LogP contribution in [0.15, 0.2) is 92.5 Å². The number of H-pyrrole nitrogens is 1. The number of benzene rings is 3. The van der Waals surface area contributed by atoms with Crippen LogP contribution in [0.5, 0.6) is 5.75 Å². The number of hydrogen-bond donors (Lipinski definition) is 1. The zero-order valence-corrected chi connectivity index (χ0v) is 21.7. The molecule has 0 amide bonds.